The zero-order chi connectivity index (χ0) is 17.7. The van der Waals surface area contributed by atoms with Gasteiger partial charge in [0, 0.05) is 0 Å². The van der Waals surface area contributed by atoms with Crippen molar-refractivity contribution in [3.05, 3.63) is 0 Å². The van der Waals surface area contributed by atoms with Gasteiger partial charge in [-0.05, 0) is 39.3 Å². The molecule has 140 valence electrons. The van der Waals surface area contributed by atoms with Gasteiger partial charge in [-0.2, -0.15) is 0 Å². The van der Waals surface area contributed by atoms with E-state index in [0.29, 0.717) is 0 Å². The second-order valence-electron chi connectivity index (χ2n) is 5.59. The lowest BCUT2D eigenvalue weighted by Gasteiger charge is -2.36. The lowest BCUT2D eigenvalue weighted by Crippen LogP contribution is -2.50. The molecule has 0 rings (SSSR count). The summed E-state index contributed by atoms with van der Waals surface area (Å²) in [5.74, 6) is 0. The SMILES string of the molecule is CCN(CC)[SiH2]OC([SiH3])(O[SiH2]N(CC)CC)O[SiH2]N(CC)CC. The van der Waals surface area contributed by atoms with Gasteiger partial charge < -0.3 is 27.0 Å². The maximum absolute atomic E-state index is 6.25. The Balaban J connectivity index is 4.66. The second kappa shape index (κ2) is 13.9. The van der Waals surface area contributed by atoms with Gasteiger partial charge in [0.25, 0.3) is 0 Å². The standard InChI is InChI=1S/C13H39N3O3Si4/c1-7-14(8-2)21-17-13(20,18-22-15(9-3)10-4)19-23-16(11-5)12-6/h7-12,21-23H2,1-6,20H3. The number of hydrogen-bond donors (Lipinski definition) is 0. The van der Waals surface area contributed by atoms with E-state index in [1.807, 2.05) is 0 Å². The third-order valence-corrected chi connectivity index (χ3v) is 12.5. The predicted molar refractivity (Wildman–Crippen MR) is 110 cm³/mol. The van der Waals surface area contributed by atoms with Crippen LogP contribution < -0.4 is 0 Å². The van der Waals surface area contributed by atoms with Crippen molar-refractivity contribution in [2.45, 2.75) is 47.1 Å². The zero-order valence-electron chi connectivity index (χ0n) is 16.4. The lowest BCUT2D eigenvalue weighted by molar-refractivity contribution is -0.195. The topological polar surface area (TPSA) is 37.4 Å². The summed E-state index contributed by atoms with van der Waals surface area (Å²) >= 11 is 0. The van der Waals surface area contributed by atoms with E-state index in [-0.39, 0.29) is 0 Å². The Morgan fingerprint density at radius 2 is 0.826 bits per heavy atom. The first kappa shape index (κ1) is 23.6. The molecule has 0 atom stereocenters. The van der Waals surface area contributed by atoms with Gasteiger partial charge in [-0.25, -0.2) is 0 Å². The first-order valence-corrected chi connectivity index (χ1v) is 13.7. The Hall–Kier alpha value is 0.628. The summed E-state index contributed by atoms with van der Waals surface area (Å²) in [6, 6.07) is 0. The maximum atomic E-state index is 6.25. The van der Waals surface area contributed by atoms with Gasteiger partial charge in [0.2, 0.25) is 35.4 Å². The average Bonchev–Trinajstić information content (AvgIpc) is 2.57. The van der Waals surface area contributed by atoms with E-state index in [0.717, 1.165) is 49.5 Å². The summed E-state index contributed by atoms with van der Waals surface area (Å²) in [4.78, 5) is 0. The first-order valence-electron chi connectivity index (χ1n) is 9.07. The van der Waals surface area contributed by atoms with Gasteiger partial charge in [-0.15, -0.1) is 0 Å². The van der Waals surface area contributed by atoms with Crippen LogP contribution in [0.3, 0.4) is 0 Å². The Morgan fingerprint density at radius 3 is 1.00 bits per heavy atom. The van der Waals surface area contributed by atoms with E-state index in [1.165, 1.54) is 0 Å². The predicted octanol–water partition coefficient (Wildman–Crippen LogP) is -1.97. The molecular weight excluding hydrogens is 359 g/mol. The molecule has 0 aromatic heterocycles. The highest BCUT2D eigenvalue weighted by Gasteiger charge is 2.28. The molecule has 0 aliphatic carbocycles. The molecule has 0 unspecified atom stereocenters. The molecule has 23 heavy (non-hydrogen) atoms. The van der Waals surface area contributed by atoms with Crippen molar-refractivity contribution in [2.24, 2.45) is 0 Å². The van der Waals surface area contributed by atoms with Crippen LogP contribution in [-0.4, -0.2) is 98.6 Å². The molecule has 0 aliphatic rings. The minimum absolute atomic E-state index is 0.710. The average molecular weight is 398 g/mol. The van der Waals surface area contributed by atoms with Crippen LogP contribution in [0.4, 0.5) is 0 Å². The summed E-state index contributed by atoms with van der Waals surface area (Å²) < 4.78 is 25.9. The van der Waals surface area contributed by atoms with Crippen LogP contribution >= 0.6 is 0 Å². The van der Waals surface area contributed by atoms with Gasteiger partial charge in [-0.1, -0.05) is 41.5 Å². The van der Waals surface area contributed by atoms with E-state index in [9.17, 15) is 0 Å². The molecule has 0 radical (unpaired) electrons. The van der Waals surface area contributed by atoms with E-state index in [2.05, 4.69) is 55.2 Å². The fourth-order valence-corrected chi connectivity index (χ4v) is 6.48. The Kier molecular flexibility index (Phi) is 14.2. The quantitative estimate of drug-likeness (QED) is 0.236. The van der Waals surface area contributed by atoms with Crippen LogP contribution in [0.1, 0.15) is 41.5 Å². The molecule has 0 aromatic rings. The minimum atomic E-state index is -0.768. The summed E-state index contributed by atoms with van der Waals surface area (Å²) in [5.41, 5.74) is -0.710. The van der Waals surface area contributed by atoms with E-state index in [1.54, 1.807) is 0 Å². The monoisotopic (exact) mass is 397 g/mol. The van der Waals surface area contributed by atoms with Crippen molar-refractivity contribution < 1.29 is 13.3 Å². The molecule has 0 N–H and O–H groups in total. The highest BCUT2D eigenvalue weighted by molar-refractivity contribution is 6.31. The molecule has 6 nitrogen and oxygen atoms in total. The maximum Gasteiger partial charge on any atom is 0.244 e. The molecule has 0 amide bonds. The normalized spacial score (nSPS) is 16.6. The Labute approximate surface area is 153 Å². The molecular formula is C13H39N3O3Si4. The van der Waals surface area contributed by atoms with E-state index in [4.69, 9.17) is 13.3 Å². The van der Waals surface area contributed by atoms with Crippen molar-refractivity contribution in [1.82, 2.24) is 13.7 Å². The Morgan fingerprint density at radius 1 is 0.609 bits per heavy atom. The number of nitrogens with zero attached hydrogens (tertiary/aromatic N) is 3. The molecule has 0 fully saturated rings. The van der Waals surface area contributed by atoms with Crippen molar-refractivity contribution in [3.8, 4) is 0 Å². The molecule has 0 bridgehead atoms. The molecule has 0 aliphatic heterocycles. The van der Waals surface area contributed by atoms with Crippen LogP contribution in [-0.2, 0) is 13.3 Å². The van der Waals surface area contributed by atoms with Crippen LogP contribution in [0.25, 0.3) is 0 Å². The third kappa shape index (κ3) is 10.3. The fraction of sp³-hybridized carbons (Fsp3) is 1.00. The summed E-state index contributed by atoms with van der Waals surface area (Å²) in [5, 5.41) is 0. The second-order valence-corrected chi connectivity index (χ2v) is 11.1. The molecule has 0 saturated carbocycles. The van der Waals surface area contributed by atoms with Crippen LogP contribution in [0.2, 0.25) is 0 Å². The van der Waals surface area contributed by atoms with Crippen LogP contribution in [0.5, 0.6) is 0 Å². The van der Waals surface area contributed by atoms with Crippen LogP contribution in [0, 0.1) is 0 Å². The van der Waals surface area contributed by atoms with Gasteiger partial charge in [0.05, 0.1) is 0 Å². The van der Waals surface area contributed by atoms with Gasteiger partial charge in [0.1, 0.15) is 10.2 Å². The largest absolute Gasteiger partial charge is 0.366 e. The number of hydrogen-bond acceptors (Lipinski definition) is 6. The molecule has 0 aromatic carbocycles. The fourth-order valence-electron chi connectivity index (χ4n) is 1.97. The molecule has 0 saturated heterocycles. The molecule has 0 heterocycles. The van der Waals surface area contributed by atoms with Crippen molar-refractivity contribution >= 4 is 40.0 Å². The smallest absolute Gasteiger partial charge is 0.244 e. The van der Waals surface area contributed by atoms with Crippen molar-refractivity contribution in [3.63, 3.8) is 0 Å². The van der Waals surface area contributed by atoms with Gasteiger partial charge in [-0.3, -0.25) is 0 Å². The zero-order valence-corrected chi connectivity index (χ0v) is 22.7. The van der Waals surface area contributed by atoms with E-state index < -0.39 is 35.4 Å². The van der Waals surface area contributed by atoms with Gasteiger partial charge in [0.15, 0.2) is 0 Å². The first-order chi connectivity index (χ1) is 11.0. The van der Waals surface area contributed by atoms with Gasteiger partial charge >= 0.3 is 0 Å². The summed E-state index contributed by atoms with van der Waals surface area (Å²) in [7, 11) is -1.55. The Bertz CT molecular complexity index is 240. The van der Waals surface area contributed by atoms with Crippen molar-refractivity contribution in [2.75, 3.05) is 39.3 Å². The third-order valence-electron chi connectivity index (χ3n) is 4.21. The lowest BCUT2D eigenvalue weighted by atomic mass is 10.7. The van der Waals surface area contributed by atoms with E-state index >= 15 is 0 Å². The summed E-state index contributed by atoms with van der Waals surface area (Å²) in [6.45, 7) is 19.4. The molecule has 0 spiro atoms. The molecule has 10 heteroatoms. The van der Waals surface area contributed by atoms with Crippen molar-refractivity contribution in [1.29, 1.82) is 0 Å². The summed E-state index contributed by atoms with van der Waals surface area (Å²) in [6.07, 6.45) is 0. The highest BCUT2D eigenvalue weighted by Crippen LogP contribution is 2.11. The number of rotatable bonds is 15. The minimum Gasteiger partial charge on any atom is -0.366 e. The highest BCUT2D eigenvalue weighted by atomic mass is 28.2. The van der Waals surface area contributed by atoms with Crippen LogP contribution in [0.15, 0.2) is 0 Å².